The van der Waals surface area contributed by atoms with E-state index in [2.05, 4.69) is 21.2 Å². The van der Waals surface area contributed by atoms with E-state index in [1.165, 1.54) is 12.1 Å². The quantitative estimate of drug-likeness (QED) is 0.842. The minimum absolute atomic E-state index is 0.263. The van der Waals surface area contributed by atoms with Crippen LogP contribution in [0.5, 0.6) is 0 Å². The van der Waals surface area contributed by atoms with E-state index in [1.807, 2.05) is 25.1 Å². The van der Waals surface area contributed by atoms with E-state index in [9.17, 15) is 9.50 Å². The average Bonchev–Trinajstić information content (AvgIpc) is 2.12. The molecule has 1 rings (SSSR count). The summed E-state index contributed by atoms with van der Waals surface area (Å²) in [6.07, 6.45) is 0. The van der Waals surface area contributed by atoms with Crippen LogP contribution < -0.4 is 5.32 Å². The molecule has 0 bridgehead atoms. The standard InChI is InChI=1S/C13H20BrFN2O/c1-13(18,9-17(2)3)8-16-7-10-4-11(14)6-12(15)5-10/h4-6,16,18H,7-9H2,1-3H3. The maximum absolute atomic E-state index is 13.1. The summed E-state index contributed by atoms with van der Waals surface area (Å²) in [5.41, 5.74) is 0.0520. The minimum Gasteiger partial charge on any atom is -0.388 e. The maximum atomic E-state index is 13.1. The van der Waals surface area contributed by atoms with E-state index in [0.717, 1.165) is 10.0 Å². The molecule has 0 aliphatic heterocycles. The molecule has 1 aromatic rings. The van der Waals surface area contributed by atoms with Crippen LogP contribution in [0.2, 0.25) is 0 Å². The average molecular weight is 319 g/mol. The van der Waals surface area contributed by atoms with Crippen LogP contribution >= 0.6 is 15.9 Å². The Morgan fingerprint density at radius 1 is 1.39 bits per heavy atom. The van der Waals surface area contributed by atoms with Gasteiger partial charge in [0.15, 0.2) is 0 Å². The number of halogens is 2. The Kier molecular flexibility index (Phi) is 5.72. The number of hydrogen-bond donors (Lipinski definition) is 2. The Morgan fingerprint density at radius 2 is 2.06 bits per heavy atom. The van der Waals surface area contributed by atoms with Crippen molar-refractivity contribution in [1.82, 2.24) is 10.2 Å². The highest BCUT2D eigenvalue weighted by molar-refractivity contribution is 9.10. The number of rotatable bonds is 6. The van der Waals surface area contributed by atoms with Gasteiger partial charge in [0.1, 0.15) is 5.82 Å². The second kappa shape index (κ2) is 6.61. The second-order valence-electron chi connectivity index (χ2n) is 5.12. The zero-order valence-electron chi connectivity index (χ0n) is 11.0. The summed E-state index contributed by atoms with van der Waals surface area (Å²) in [5.74, 6) is -0.263. The largest absolute Gasteiger partial charge is 0.388 e. The normalized spacial score (nSPS) is 14.8. The molecule has 1 unspecified atom stereocenters. The molecule has 0 radical (unpaired) electrons. The third-order valence-electron chi connectivity index (χ3n) is 2.41. The van der Waals surface area contributed by atoms with Crippen LogP contribution in [0.15, 0.2) is 22.7 Å². The molecule has 1 atom stereocenters. The lowest BCUT2D eigenvalue weighted by Crippen LogP contribution is -2.45. The van der Waals surface area contributed by atoms with Crippen LogP contribution in [0.25, 0.3) is 0 Å². The van der Waals surface area contributed by atoms with Crippen molar-refractivity contribution in [2.24, 2.45) is 0 Å². The van der Waals surface area contributed by atoms with Gasteiger partial charge in [0.05, 0.1) is 5.60 Å². The van der Waals surface area contributed by atoms with Crippen LogP contribution in [0.3, 0.4) is 0 Å². The molecule has 102 valence electrons. The van der Waals surface area contributed by atoms with Gasteiger partial charge in [0.25, 0.3) is 0 Å². The van der Waals surface area contributed by atoms with Crippen molar-refractivity contribution >= 4 is 15.9 Å². The molecular weight excluding hydrogens is 299 g/mol. The number of nitrogens with one attached hydrogen (secondary N) is 1. The lowest BCUT2D eigenvalue weighted by Gasteiger charge is -2.27. The lowest BCUT2D eigenvalue weighted by atomic mass is 10.1. The molecule has 0 heterocycles. The van der Waals surface area contributed by atoms with Gasteiger partial charge < -0.3 is 15.3 Å². The molecular formula is C13H20BrFN2O. The van der Waals surface area contributed by atoms with Gasteiger partial charge in [-0.15, -0.1) is 0 Å². The van der Waals surface area contributed by atoms with Crippen LogP contribution in [-0.2, 0) is 6.54 Å². The molecule has 1 aromatic carbocycles. The van der Waals surface area contributed by atoms with Crippen molar-refractivity contribution in [2.45, 2.75) is 19.1 Å². The van der Waals surface area contributed by atoms with Crippen molar-refractivity contribution in [2.75, 3.05) is 27.2 Å². The van der Waals surface area contributed by atoms with Crippen molar-refractivity contribution in [3.8, 4) is 0 Å². The van der Waals surface area contributed by atoms with Crippen molar-refractivity contribution in [1.29, 1.82) is 0 Å². The summed E-state index contributed by atoms with van der Waals surface area (Å²) in [6.45, 7) is 3.34. The van der Waals surface area contributed by atoms with Crippen LogP contribution in [0.1, 0.15) is 12.5 Å². The Bertz CT molecular complexity index is 376. The van der Waals surface area contributed by atoms with Gasteiger partial charge in [-0.25, -0.2) is 4.39 Å². The van der Waals surface area contributed by atoms with Gasteiger partial charge in [-0.3, -0.25) is 0 Å². The summed E-state index contributed by atoms with van der Waals surface area (Å²) in [7, 11) is 3.83. The zero-order valence-corrected chi connectivity index (χ0v) is 12.6. The first-order valence-corrected chi connectivity index (χ1v) is 6.61. The van der Waals surface area contributed by atoms with E-state index >= 15 is 0 Å². The topological polar surface area (TPSA) is 35.5 Å². The molecule has 18 heavy (non-hydrogen) atoms. The van der Waals surface area contributed by atoms with E-state index in [0.29, 0.717) is 19.6 Å². The van der Waals surface area contributed by atoms with Crippen LogP contribution in [0, 0.1) is 5.82 Å². The summed E-state index contributed by atoms with van der Waals surface area (Å²) < 4.78 is 13.9. The van der Waals surface area contributed by atoms with Crippen molar-refractivity contribution < 1.29 is 9.50 Å². The molecule has 3 nitrogen and oxygen atoms in total. The number of benzene rings is 1. The molecule has 0 aliphatic rings. The fourth-order valence-corrected chi connectivity index (χ4v) is 2.44. The summed E-state index contributed by atoms with van der Waals surface area (Å²) >= 11 is 3.25. The van der Waals surface area contributed by atoms with E-state index in [4.69, 9.17) is 0 Å². The fourth-order valence-electron chi connectivity index (χ4n) is 1.93. The SMILES string of the molecule is CN(C)CC(C)(O)CNCc1cc(F)cc(Br)c1. The van der Waals surface area contributed by atoms with Crippen molar-refractivity contribution in [3.63, 3.8) is 0 Å². The van der Waals surface area contributed by atoms with E-state index < -0.39 is 5.60 Å². The third kappa shape index (κ3) is 5.91. The minimum atomic E-state index is -0.798. The number of hydrogen-bond acceptors (Lipinski definition) is 3. The number of nitrogens with zero attached hydrogens (tertiary/aromatic N) is 1. The second-order valence-corrected chi connectivity index (χ2v) is 6.03. The Morgan fingerprint density at radius 3 is 2.61 bits per heavy atom. The molecule has 2 N–H and O–H groups in total. The molecule has 0 saturated carbocycles. The van der Waals surface area contributed by atoms with Gasteiger partial charge >= 0.3 is 0 Å². The fraction of sp³-hybridized carbons (Fsp3) is 0.538. The molecule has 0 aromatic heterocycles. The van der Waals surface area contributed by atoms with E-state index in [1.54, 1.807) is 6.92 Å². The summed E-state index contributed by atoms with van der Waals surface area (Å²) in [6, 6.07) is 4.76. The predicted molar refractivity (Wildman–Crippen MR) is 75.0 cm³/mol. The molecule has 0 spiro atoms. The molecule has 0 amide bonds. The van der Waals surface area contributed by atoms with Gasteiger partial charge in [-0.05, 0) is 44.8 Å². The van der Waals surface area contributed by atoms with E-state index in [-0.39, 0.29) is 5.82 Å². The van der Waals surface area contributed by atoms with Crippen molar-refractivity contribution in [3.05, 3.63) is 34.1 Å². The van der Waals surface area contributed by atoms with Gasteiger partial charge in [0.2, 0.25) is 0 Å². The highest BCUT2D eigenvalue weighted by atomic mass is 79.9. The summed E-state index contributed by atoms with van der Waals surface area (Å²) in [5, 5.41) is 13.2. The van der Waals surface area contributed by atoms with Crippen LogP contribution in [0.4, 0.5) is 4.39 Å². The zero-order chi connectivity index (χ0) is 13.8. The lowest BCUT2D eigenvalue weighted by molar-refractivity contribution is 0.0336. The van der Waals surface area contributed by atoms with Gasteiger partial charge in [-0.1, -0.05) is 15.9 Å². The molecule has 0 saturated heterocycles. The van der Waals surface area contributed by atoms with Gasteiger partial charge in [0, 0.05) is 24.1 Å². The Labute approximate surface area is 116 Å². The van der Waals surface area contributed by atoms with Crippen LogP contribution in [-0.4, -0.2) is 42.8 Å². The molecule has 0 fully saturated rings. The highest BCUT2D eigenvalue weighted by Crippen LogP contribution is 2.15. The molecule has 5 heteroatoms. The molecule has 0 aliphatic carbocycles. The number of aliphatic hydroxyl groups is 1. The Hall–Kier alpha value is -0.490. The first kappa shape index (κ1) is 15.6. The first-order chi connectivity index (χ1) is 8.28. The third-order valence-corrected chi connectivity index (χ3v) is 2.87. The maximum Gasteiger partial charge on any atom is 0.124 e. The Balaban J connectivity index is 2.46. The predicted octanol–water partition coefficient (Wildman–Crippen LogP) is 1.99. The first-order valence-electron chi connectivity index (χ1n) is 5.81. The smallest absolute Gasteiger partial charge is 0.124 e. The number of likely N-dealkylation sites (N-methyl/N-ethyl adjacent to an activating group) is 1. The highest BCUT2D eigenvalue weighted by Gasteiger charge is 2.20. The summed E-state index contributed by atoms with van der Waals surface area (Å²) in [4.78, 5) is 1.93. The van der Waals surface area contributed by atoms with Gasteiger partial charge in [-0.2, -0.15) is 0 Å². The monoisotopic (exact) mass is 318 g/mol.